The molecule has 0 spiro atoms. The molecular formula is C15H16ClN3O2. The maximum absolute atomic E-state index is 11.1. The second kappa shape index (κ2) is 5.50. The summed E-state index contributed by atoms with van der Waals surface area (Å²) in [5.74, 6) is 0.0312. The second-order valence-corrected chi connectivity index (χ2v) is 5.69. The number of halogens is 1. The number of imidazole rings is 1. The smallest absolute Gasteiger partial charge is 0.335 e. The number of carboxylic acids is 1. The summed E-state index contributed by atoms with van der Waals surface area (Å²) in [6.45, 7) is 2.38. The molecule has 1 aromatic carbocycles. The topological polar surface area (TPSA) is 58.4 Å². The minimum absolute atomic E-state index is 0.343. The highest BCUT2D eigenvalue weighted by Crippen LogP contribution is 2.22. The zero-order valence-electron chi connectivity index (χ0n) is 11.7. The fraction of sp³-hybridized carbons (Fsp3) is 0.333. The third-order valence-electron chi connectivity index (χ3n) is 3.94. The highest BCUT2D eigenvalue weighted by molar-refractivity contribution is 6.29. The molecular weight excluding hydrogens is 290 g/mol. The second-order valence-electron chi connectivity index (χ2n) is 5.31. The number of hydrogen-bond acceptors (Lipinski definition) is 3. The highest BCUT2D eigenvalue weighted by Gasteiger charge is 2.19. The van der Waals surface area contributed by atoms with Crippen molar-refractivity contribution in [3.05, 3.63) is 52.1 Å². The number of hydrogen-bond donors (Lipinski definition) is 1. The van der Waals surface area contributed by atoms with Crippen molar-refractivity contribution in [3.8, 4) is 0 Å². The Balaban J connectivity index is 1.78. The number of aromatic nitrogens is 2. The van der Waals surface area contributed by atoms with Crippen molar-refractivity contribution < 1.29 is 9.90 Å². The molecule has 0 saturated carbocycles. The summed E-state index contributed by atoms with van der Waals surface area (Å²) in [5.41, 5.74) is 2.66. The number of carbonyl (C=O) groups is 1. The molecule has 0 unspecified atom stereocenters. The van der Waals surface area contributed by atoms with Crippen LogP contribution < -0.4 is 0 Å². The van der Waals surface area contributed by atoms with Crippen molar-refractivity contribution in [1.82, 2.24) is 14.5 Å². The Hall–Kier alpha value is -1.85. The maximum Gasteiger partial charge on any atom is 0.335 e. The Morgan fingerprint density at radius 2 is 2.24 bits per heavy atom. The number of fused-ring (bicyclic) bond motifs is 1. The van der Waals surface area contributed by atoms with Gasteiger partial charge in [0.2, 0.25) is 0 Å². The van der Waals surface area contributed by atoms with Crippen molar-refractivity contribution >= 4 is 17.6 Å². The van der Waals surface area contributed by atoms with Gasteiger partial charge in [-0.05, 0) is 29.7 Å². The number of aromatic carboxylic acids is 1. The summed E-state index contributed by atoms with van der Waals surface area (Å²) in [4.78, 5) is 17.6. The van der Waals surface area contributed by atoms with E-state index in [-0.39, 0.29) is 0 Å². The van der Waals surface area contributed by atoms with Gasteiger partial charge in [0.15, 0.2) is 0 Å². The Kier molecular flexibility index (Phi) is 3.69. The van der Waals surface area contributed by atoms with E-state index in [9.17, 15) is 4.79 Å². The van der Waals surface area contributed by atoms with Crippen molar-refractivity contribution in [2.45, 2.75) is 19.5 Å². The molecule has 0 radical (unpaired) electrons. The Morgan fingerprint density at radius 1 is 1.43 bits per heavy atom. The van der Waals surface area contributed by atoms with Gasteiger partial charge in [0.25, 0.3) is 0 Å². The minimum Gasteiger partial charge on any atom is -0.478 e. The molecule has 0 bridgehead atoms. The molecule has 1 aromatic heterocycles. The summed E-state index contributed by atoms with van der Waals surface area (Å²) in [7, 11) is 1.89. The van der Waals surface area contributed by atoms with E-state index in [1.807, 2.05) is 17.7 Å². The minimum atomic E-state index is -0.884. The van der Waals surface area contributed by atoms with Crippen molar-refractivity contribution in [3.63, 3.8) is 0 Å². The average molecular weight is 306 g/mol. The van der Waals surface area contributed by atoms with Gasteiger partial charge in [0, 0.05) is 20.1 Å². The van der Waals surface area contributed by atoms with Crippen LogP contribution in [0.5, 0.6) is 0 Å². The zero-order valence-corrected chi connectivity index (χ0v) is 12.5. The fourth-order valence-electron chi connectivity index (χ4n) is 2.65. The summed E-state index contributed by atoms with van der Waals surface area (Å²) in [6.07, 6.45) is 2.57. The van der Waals surface area contributed by atoms with Crippen LogP contribution in [0.25, 0.3) is 0 Å². The van der Waals surface area contributed by atoms with Gasteiger partial charge in [0.1, 0.15) is 11.0 Å². The lowest BCUT2D eigenvalue weighted by Gasteiger charge is -2.28. The molecule has 0 fully saturated rings. The largest absolute Gasteiger partial charge is 0.478 e. The Bertz CT molecular complexity index is 696. The summed E-state index contributed by atoms with van der Waals surface area (Å²) >= 11 is 6.00. The van der Waals surface area contributed by atoms with Crippen LogP contribution in [0.1, 0.15) is 27.3 Å². The summed E-state index contributed by atoms with van der Waals surface area (Å²) in [6, 6.07) is 5.37. The van der Waals surface area contributed by atoms with Crippen LogP contribution in [0, 0.1) is 0 Å². The van der Waals surface area contributed by atoms with Crippen molar-refractivity contribution in [1.29, 1.82) is 0 Å². The van der Waals surface area contributed by atoms with Gasteiger partial charge in [-0.25, -0.2) is 9.78 Å². The van der Waals surface area contributed by atoms with Gasteiger partial charge in [-0.15, -0.1) is 0 Å². The predicted octanol–water partition coefficient (Wildman–Crippen LogP) is 2.33. The molecule has 3 rings (SSSR count). The number of rotatable bonds is 3. The van der Waals surface area contributed by atoms with Gasteiger partial charge in [0.05, 0.1) is 18.3 Å². The van der Waals surface area contributed by atoms with Crippen LogP contribution in [-0.2, 0) is 26.6 Å². The van der Waals surface area contributed by atoms with Gasteiger partial charge in [-0.1, -0.05) is 17.7 Å². The monoisotopic (exact) mass is 305 g/mol. The van der Waals surface area contributed by atoms with Crippen molar-refractivity contribution in [2.75, 3.05) is 6.54 Å². The first-order valence-corrected chi connectivity index (χ1v) is 7.16. The van der Waals surface area contributed by atoms with Gasteiger partial charge in [-0.3, -0.25) is 4.90 Å². The fourth-order valence-corrected chi connectivity index (χ4v) is 2.80. The van der Waals surface area contributed by atoms with Crippen LogP contribution in [0.3, 0.4) is 0 Å². The van der Waals surface area contributed by atoms with Gasteiger partial charge < -0.3 is 9.67 Å². The van der Waals surface area contributed by atoms with E-state index in [1.165, 1.54) is 5.56 Å². The molecule has 0 atom stereocenters. The van der Waals surface area contributed by atoms with Crippen LogP contribution >= 0.6 is 11.6 Å². The molecule has 1 aliphatic rings. The lowest BCUT2D eigenvalue weighted by atomic mass is 9.97. The molecule has 0 amide bonds. The first kappa shape index (κ1) is 14.1. The molecule has 5 nitrogen and oxygen atoms in total. The van der Waals surface area contributed by atoms with Crippen LogP contribution in [0.15, 0.2) is 24.4 Å². The lowest BCUT2D eigenvalue weighted by molar-refractivity contribution is 0.0696. The molecule has 1 N–H and O–H groups in total. The number of nitrogens with zero attached hydrogens (tertiary/aromatic N) is 3. The SMILES string of the molecule is Cn1c(Cl)cnc1CN1CCc2ccc(C(=O)O)cc2C1. The number of carboxylic acid groups (broad SMARTS) is 1. The highest BCUT2D eigenvalue weighted by atomic mass is 35.5. The summed E-state index contributed by atoms with van der Waals surface area (Å²) in [5, 5.41) is 9.71. The summed E-state index contributed by atoms with van der Waals surface area (Å²) < 4.78 is 1.87. The van der Waals surface area contributed by atoms with Crippen LogP contribution in [-0.4, -0.2) is 32.1 Å². The average Bonchev–Trinajstić information content (AvgIpc) is 2.78. The third-order valence-corrected chi connectivity index (χ3v) is 4.29. The molecule has 21 heavy (non-hydrogen) atoms. The van der Waals surface area contributed by atoms with Gasteiger partial charge >= 0.3 is 5.97 Å². The van der Waals surface area contributed by atoms with Crippen molar-refractivity contribution in [2.24, 2.45) is 7.05 Å². The first-order chi connectivity index (χ1) is 10.0. The molecule has 0 aliphatic carbocycles. The quantitative estimate of drug-likeness (QED) is 0.945. The van der Waals surface area contributed by atoms with E-state index < -0.39 is 5.97 Å². The van der Waals surface area contributed by atoms with E-state index in [4.69, 9.17) is 16.7 Å². The normalized spacial score (nSPS) is 15.0. The first-order valence-electron chi connectivity index (χ1n) is 6.78. The molecule has 0 saturated heterocycles. The Morgan fingerprint density at radius 3 is 2.90 bits per heavy atom. The zero-order chi connectivity index (χ0) is 15.0. The lowest BCUT2D eigenvalue weighted by Crippen LogP contribution is -2.31. The molecule has 110 valence electrons. The van der Waals surface area contributed by atoms with E-state index in [0.717, 1.165) is 30.9 Å². The molecule has 2 aromatic rings. The van der Waals surface area contributed by atoms with Gasteiger partial charge in [-0.2, -0.15) is 0 Å². The van der Waals surface area contributed by atoms with E-state index in [0.29, 0.717) is 17.3 Å². The standard InChI is InChI=1S/C15H16ClN3O2/c1-18-13(16)7-17-14(18)9-19-5-4-10-2-3-11(15(20)21)6-12(10)8-19/h2-3,6-7H,4-5,8-9H2,1H3,(H,20,21). The molecule has 1 aliphatic heterocycles. The molecule has 2 heterocycles. The number of benzene rings is 1. The van der Waals surface area contributed by atoms with Crippen LogP contribution in [0.4, 0.5) is 0 Å². The van der Waals surface area contributed by atoms with E-state index >= 15 is 0 Å². The predicted molar refractivity (Wildman–Crippen MR) is 79.4 cm³/mol. The van der Waals surface area contributed by atoms with E-state index in [1.54, 1.807) is 18.3 Å². The Labute approximate surface area is 127 Å². The third kappa shape index (κ3) is 2.80. The maximum atomic E-state index is 11.1. The van der Waals surface area contributed by atoms with E-state index in [2.05, 4.69) is 9.88 Å². The molecule has 6 heteroatoms. The van der Waals surface area contributed by atoms with Crippen LogP contribution in [0.2, 0.25) is 5.15 Å².